The first-order valence-electron chi connectivity index (χ1n) is 10.7. The SMILES string of the molecule is CCN(CC)Cc1cccc(CNC(=O)C(=O)c2c(C)nn(-c3ccccc3)c2C)c1. The summed E-state index contributed by atoms with van der Waals surface area (Å²) >= 11 is 0. The molecule has 0 saturated heterocycles. The lowest BCUT2D eigenvalue weighted by atomic mass is 10.1. The largest absolute Gasteiger partial charge is 0.345 e. The fourth-order valence-electron chi connectivity index (χ4n) is 3.71. The lowest BCUT2D eigenvalue weighted by Gasteiger charge is -2.18. The van der Waals surface area contributed by atoms with Gasteiger partial charge in [-0.3, -0.25) is 14.5 Å². The third kappa shape index (κ3) is 5.27. The molecule has 6 nitrogen and oxygen atoms in total. The minimum Gasteiger partial charge on any atom is -0.345 e. The Balaban J connectivity index is 1.70. The van der Waals surface area contributed by atoms with E-state index >= 15 is 0 Å². The van der Waals surface area contributed by atoms with Crippen LogP contribution >= 0.6 is 0 Å². The van der Waals surface area contributed by atoms with E-state index in [9.17, 15) is 9.59 Å². The number of benzene rings is 2. The predicted molar refractivity (Wildman–Crippen MR) is 122 cm³/mol. The molecule has 0 aliphatic carbocycles. The highest BCUT2D eigenvalue weighted by Crippen LogP contribution is 2.18. The van der Waals surface area contributed by atoms with E-state index in [2.05, 4.69) is 41.3 Å². The van der Waals surface area contributed by atoms with E-state index in [4.69, 9.17) is 0 Å². The highest BCUT2D eigenvalue weighted by Gasteiger charge is 2.24. The van der Waals surface area contributed by atoms with Gasteiger partial charge in [-0.15, -0.1) is 0 Å². The topological polar surface area (TPSA) is 67.2 Å². The van der Waals surface area contributed by atoms with Gasteiger partial charge in [0.05, 0.1) is 22.6 Å². The number of nitrogens with zero attached hydrogens (tertiary/aromatic N) is 3. The second kappa shape index (κ2) is 10.2. The second-order valence-electron chi connectivity index (χ2n) is 7.59. The average Bonchev–Trinajstić information content (AvgIpc) is 3.09. The Labute approximate surface area is 183 Å². The van der Waals surface area contributed by atoms with Gasteiger partial charge < -0.3 is 5.32 Å². The Kier molecular flexibility index (Phi) is 7.36. The fourth-order valence-corrected chi connectivity index (χ4v) is 3.71. The summed E-state index contributed by atoms with van der Waals surface area (Å²) < 4.78 is 1.70. The highest BCUT2D eigenvalue weighted by molar-refractivity contribution is 6.43. The first-order valence-corrected chi connectivity index (χ1v) is 10.7. The second-order valence-corrected chi connectivity index (χ2v) is 7.59. The van der Waals surface area contributed by atoms with Crippen molar-refractivity contribution in [3.05, 3.63) is 82.7 Å². The summed E-state index contributed by atoms with van der Waals surface area (Å²) in [6.07, 6.45) is 0. The Morgan fingerprint density at radius 3 is 2.32 bits per heavy atom. The van der Waals surface area contributed by atoms with Gasteiger partial charge in [0.15, 0.2) is 0 Å². The van der Waals surface area contributed by atoms with Crippen LogP contribution in [-0.2, 0) is 17.9 Å². The molecular weight excluding hydrogens is 388 g/mol. The lowest BCUT2D eigenvalue weighted by Crippen LogP contribution is -2.31. The third-order valence-electron chi connectivity index (χ3n) is 5.47. The lowest BCUT2D eigenvalue weighted by molar-refractivity contribution is -0.117. The average molecular weight is 419 g/mol. The van der Waals surface area contributed by atoms with E-state index in [0.29, 0.717) is 23.5 Å². The first-order chi connectivity index (χ1) is 14.9. The summed E-state index contributed by atoms with van der Waals surface area (Å²) in [5.74, 6) is -1.18. The van der Waals surface area contributed by atoms with Crippen molar-refractivity contribution in [2.24, 2.45) is 0 Å². The van der Waals surface area contributed by atoms with Gasteiger partial charge in [0.25, 0.3) is 11.7 Å². The Morgan fingerprint density at radius 2 is 1.65 bits per heavy atom. The van der Waals surface area contributed by atoms with Crippen LogP contribution in [0.5, 0.6) is 0 Å². The van der Waals surface area contributed by atoms with E-state index in [-0.39, 0.29) is 0 Å². The molecular formula is C25H30N4O2. The molecule has 0 saturated carbocycles. The molecule has 0 radical (unpaired) electrons. The number of amides is 1. The Hall–Kier alpha value is -3.25. The highest BCUT2D eigenvalue weighted by atomic mass is 16.2. The monoisotopic (exact) mass is 418 g/mol. The van der Waals surface area contributed by atoms with Gasteiger partial charge in [0.2, 0.25) is 0 Å². The van der Waals surface area contributed by atoms with E-state index < -0.39 is 11.7 Å². The van der Waals surface area contributed by atoms with Crippen molar-refractivity contribution < 1.29 is 9.59 Å². The minimum atomic E-state index is -0.618. The number of ketones is 1. The van der Waals surface area contributed by atoms with Crippen LogP contribution < -0.4 is 5.32 Å². The molecule has 1 heterocycles. The van der Waals surface area contributed by atoms with Crippen molar-refractivity contribution >= 4 is 11.7 Å². The van der Waals surface area contributed by atoms with Gasteiger partial charge in [-0.25, -0.2) is 4.68 Å². The molecule has 1 aromatic heterocycles. The van der Waals surface area contributed by atoms with Crippen molar-refractivity contribution in [1.82, 2.24) is 20.0 Å². The maximum atomic E-state index is 12.9. The molecule has 2 aromatic carbocycles. The van der Waals surface area contributed by atoms with E-state index in [1.165, 1.54) is 5.56 Å². The first kappa shape index (κ1) is 22.4. The van der Waals surface area contributed by atoms with Crippen LogP contribution in [0.25, 0.3) is 5.69 Å². The normalized spacial score (nSPS) is 11.0. The smallest absolute Gasteiger partial charge is 0.292 e. The van der Waals surface area contributed by atoms with Crippen LogP contribution in [0.2, 0.25) is 0 Å². The number of para-hydroxylation sites is 1. The van der Waals surface area contributed by atoms with Gasteiger partial charge in [0, 0.05) is 13.1 Å². The number of carbonyl (C=O) groups excluding carboxylic acids is 2. The van der Waals surface area contributed by atoms with Gasteiger partial charge in [-0.05, 0) is 50.2 Å². The summed E-state index contributed by atoms with van der Waals surface area (Å²) in [5, 5.41) is 7.24. The van der Waals surface area contributed by atoms with Crippen LogP contribution in [0.3, 0.4) is 0 Å². The molecule has 162 valence electrons. The summed E-state index contributed by atoms with van der Waals surface area (Å²) in [6.45, 7) is 11.0. The van der Waals surface area contributed by atoms with Crippen LogP contribution in [0.1, 0.15) is 46.7 Å². The number of aryl methyl sites for hydroxylation is 1. The zero-order valence-corrected chi connectivity index (χ0v) is 18.7. The van der Waals surface area contributed by atoms with Crippen LogP contribution in [0, 0.1) is 13.8 Å². The molecule has 1 amide bonds. The molecule has 0 fully saturated rings. The van der Waals surface area contributed by atoms with Gasteiger partial charge >= 0.3 is 0 Å². The number of nitrogens with one attached hydrogen (secondary N) is 1. The molecule has 3 rings (SSSR count). The number of hydrogen-bond donors (Lipinski definition) is 1. The number of rotatable bonds is 9. The number of aromatic nitrogens is 2. The fraction of sp³-hybridized carbons (Fsp3) is 0.320. The third-order valence-corrected chi connectivity index (χ3v) is 5.47. The zero-order valence-electron chi connectivity index (χ0n) is 18.7. The Bertz CT molecular complexity index is 1050. The molecule has 0 bridgehead atoms. The molecule has 6 heteroatoms. The number of Topliss-reactive ketones (excluding diaryl/α,β-unsaturated/α-hetero) is 1. The van der Waals surface area contributed by atoms with Crippen molar-refractivity contribution in [3.63, 3.8) is 0 Å². The zero-order chi connectivity index (χ0) is 22.4. The maximum Gasteiger partial charge on any atom is 0.292 e. The van der Waals surface area contributed by atoms with Gasteiger partial charge in [0.1, 0.15) is 0 Å². The number of hydrogen-bond acceptors (Lipinski definition) is 4. The molecule has 0 spiro atoms. The van der Waals surface area contributed by atoms with Crippen LogP contribution in [-0.4, -0.2) is 39.5 Å². The quantitative estimate of drug-likeness (QED) is 0.424. The molecule has 0 aliphatic heterocycles. The predicted octanol–water partition coefficient (Wildman–Crippen LogP) is 3.83. The standard InChI is InChI=1S/C25H30N4O2/c1-5-28(6-2)17-21-12-10-11-20(15-21)16-26-25(31)24(30)23-18(3)27-29(19(23)4)22-13-8-7-9-14-22/h7-15H,5-6,16-17H2,1-4H3,(H,26,31). The maximum absolute atomic E-state index is 12.9. The van der Waals surface area contributed by atoms with Crippen molar-refractivity contribution in [1.29, 1.82) is 0 Å². The van der Waals surface area contributed by atoms with Crippen molar-refractivity contribution in [2.45, 2.75) is 40.8 Å². The van der Waals surface area contributed by atoms with Crippen LogP contribution in [0.15, 0.2) is 54.6 Å². The van der Waals surface area contributed by atoms with Crippen molar-refractivity contribution in [3.8, 4) is 5.69 Å². The molecule has 0 aliphatic rings. The summed E-state index contributed by atoms with van der Waals surface area (Å²) in [5.41, 5.74) is 4.58. The minimum absolute atomic E-state index is 0.307. The van der Waals surface area contributed by atoms with E-state index in [0.717, 1.165) is 30.9 Å². The molecule has 0 atom stereocenters. The summed E-state index contributed by atoms with van der Waals surface area (Å²) in [7, 11) is 0. The molecule has 0 unspecified atom stereocenters. The molecule has 31 heavy (non-hydrogen) atoms. The van der Waals surface area contributed by atoms with Gasteiger partial charge in [-0.2, -0.15) is 5.10 Å². The van der Waals surface area contributed by atoms with Crippen LogP contribution in [0.4, 0.5) is 0 Å². The van der Waals surface area contributed by atoms with Crippen molar-refractivity contribution in [2.75, 3.05) is 13.1 Å². The van der Waals surface area contributed by atoms with E-state index in [1.807, 2.05) is 49.4 Å². The molecule has 3 aromatic rings. The van der Waals surface area contributed by atoms with Gasteiger partial charge in [-0.1, -0.05) is 56.3 Å². The molecule has 1 N–H and O–H groups in total. The number of carbonyl (C=O) groups is 2. The summed E-state index contributed by atoms with van der Waals surface area (Å²) in [4.78, 5) is 27.8. The van der Waals surface area contributed by atoms with E-state index in [1.54, 1.807) is 11.6 Å². The Morgan fingerprint density at radius 1 is 0.968 bits per heavy atom. The summed E-state index contributed by atoms with van der Waals surface area (Å²) in [6, 6.07) is 17.7.